The Hall–Kier alpha value is -0.870. The van der Waals surface area contributed by atoms with Gasteiger partial charge in [0.05, 0.1) is 5.69 Å². The third-order valence-corrected chi connectivity index (χ3v) is 4.12. The van der Waals surface area contributed by atoms with Gasteiger partial charge in [-0.2, -0.15) is 0 Å². The van der Waals surface area contributed by atoms with Gasteiger partial charge in [-0.1, -0.05) is 6.42 Å². The van der Waals surface area contributed by atoms with Gasteiger partial charge in [0.1, 0.15) is 0 Å². The van der Waals surface area contributed by atoms with E-state index in [-0.39, 0.29) is 5.78 Å². The van der Waals surface area contributed by atoms with Gasteiger partial charge in [-0.05, 0) is 66.5 Å². The van der Waals surface area contributed by atoms with E-state index >= 15 is 0 Å². The molecule has 1 aliphatic rings. The summed E-state index contributed by atoms with van der Waals surface area (Å²) in [7, 11) is 0. The van der Waals surface area contributed by atoms with Crippen molar-refractivity contribution in [1.82, 2.24) is 4.90 Å². The number of benzene rings is 1. The number of carbonyl (C=O) groups is 1. The van der Waals surface area contributed by atoms with E-state index in [9.17, 15) is 4.79 Å². The maximum atomic E-state index is 11.5. The Bertz CT molecular complexity index is 453. The van der Waals surface area contributed by atoms with Crippen molar-refractivity contribution >= 4 is 27.4 Å². The number of hydrogen-bond acceptors (Lipinski definition) is 3. The molecule has 1 fully saturated rings. The number of nitrogens with two attached hydrogens (primary N) is 1. The number of anilines is 1. The first-order chi connectivity index (χ1) is 8.58. The van der Waals surface area contributed by atoms with Crippen molar-refractivity contribution in [2.24, 2.45) is 0 Å². The lowest BCUT2D eigenvalue weighted by atomic mass is 10.0. The largest absolute Gasteiger partial charge is 0.398 e. The van der Waals surface area contributed by atoms with Crippen LogP contribution in [0.5, 0.6) is 0 Å². The molecule has 1 heterocycles. The lowest BCUT2D eigenvalue weighted by molar-refractivity contribution is 0.101. The molecular formula is C14H19BrN2O. The second-order valence-corrected chi connectivity index (χ2v) is 5.78. The number of Topliss-reactive ketones (excluding diaryl/α,β-unsaturated/α-hetero) is 1. The van der Waals surface area contributed by atoms with Gasteiger partial charge >= 0.3 is 0 Å². The molecule has 2 rings (SSSR count). The smallest absolute Gasteiger partial charge is 0.159 e. The lowest BCUT2D eigenvalue weighted by Crippen LogP contribution is -2.29. The van der Waals surface area contributed by atoms with Gasteiger partial charge in [-0.25, -0.2) is 0 Å². The van der Waals surface area contributed by atoms with Crippen molar-refractivity contribution in [3.05, 3.63) is 27.7 Å². The van der Waals surface area contributed by atoms with E-state index in [0.29, 0.717) is 0 Å². The van der Waals surface area contributed by atoms with E-state index in [2.05, 4.69) is 20.8 Å². The van der Waals surface area contributed by atoms with Gasteiger partial charge in [0.15, 0.2) is 5.78 Å². The average molecular weight is 311 g/mol. The molecule has 0 unspecified atom stereocenters. The normalized spacial score (nSPS) is 16.8. The number of rotatable bonds is 3. The third-order valence-electron chi connectivity index (χ3n) is 3.46. The fourth-order valence-corrected chi connectivity index (χ4v) is 2.87. The topological polar surface area (TPSA) is 46.3 Å². The minimum atomic E-state index is 0.0793. The van der Waals surface area contributed by atoms with Crippen molar-refractivity contribution in [3.63, 3.8) is 0 Å². The van der Waals surface area contributed by atoms with E-state index < -0.39 is 0 Å². The number of nitrogen functional groups attached to an aromatic ring is 1. The summed E-state index contributed by atoms with van der Waals surface area (Å²) in [6, 6.07) is 3.73. The second kappa shape index (κ2) is 5.85. The van der Waals surface area contributed by atoms with Gasteiger partial charge in [0.2, 0.25) is 0 Å². The van der Waals surface area contributed by atoms with E-state index in [1.807, 2.05) is 6.07 Å². The molecule has 0 amide bonds. The van der Waals surface area contributed by atoms with E-state index in [4.69, 9.17) is 5.73 Å². The molecule has 0 saturated carbocycles. The summed E-state index contributed by atoms with van der Waals surface area (Å²) in [6.07, 6.45) is 3.84. The first-order valence-corrected chi connectivity index (χ1v) is 7.18. The number of ketones is 1. The molecule has 2 N–H and O–H groups in total. The van der Waals surface area contributed by atoms with Crippen LogP contribution in [0, 0.1) is 0 Å². The Morgan fingerprint density at radius 1 is 1.33 bits per heavy atom. The Labute approximate surface area is 116 Å². The second-order valence-electron chi connectivity index (χ2n) is 4.92. The summed E-state index contributed by atoms with van der Waals surface area (Å²) < 4.78 is 0.821. The molecule has 0 spiro atoms. The summed E-state index contributed by atoms with van der Waals surface area (Å²) in [6.45, 7) is 4.68. The van der Waals surface area contributed by atoms with Crippen LogP contribution in [0.2, 0.25) is 0 Å². The summed E-state index contributed by atoms with van der Waals surface area (Å²) in [5.41, 5.74) is 8.62. The molecule has 1 aromatic carbocycles. The van der Waals surface area contributed by atoms with Gasteiger partial charge in [-0.3, -0.25) is 9.69 Å². The molecule has 18 heavy (non-hydrogen) atoms. The number of nitrogens with zero attached hydrogens (tertiary/aromatic N) is 1. The molecule has 98 valence electrons. The maximum absolute atomic E-state index is 11.5. The van der Waals surface area contributed by atoms with Gasteiger partial charge < -0.3 is 5.73 Å². The predicted octanol–water partition coefficient (Wildman–Crippen LogP) is 3.22. The maximum Gasteiger partial charge on any atom is 0.159 e. The van der Waals surface area contributed by atoms with Crippen molar-refractivity contribution < 1.29 is 4.79 Å². The number of piperidine rings is 1. The fourth-order valence-electron chi connectivity index (χ4n) is 2.37. The fraction of sp³-hybridized carbons (Fsp3) is 0.500. The van der Waals surface area contributed by atoms with Crippen molar-refractivity contribution in [3.8, 4) is 0 Å². The van der Waals surface area contributed by atoms with Crippen LogP contribution in [-0.4, -0.2) is 23.8 Å². The van der Waals surface area contributed by atoms with Gasteiger partial charge in [0, 0.05) is 16.6 Å². The molecule has 1 saturated heterocycles. The molecular weight excluding hydrogens is 292 g/mol. The average Bonchev–Trinajstić information content (AvgIpc) is 2.35. The Morgan fingerprint density at radius 3 is 2.61 bits per heavy atom. The van der Waals surface area contributed by atoms with Crippen molar-refractivity contribution in [2.45, 2.75) is 32.7 Å². The SMILES string of the molecule is CC(=O)c1cc(Br)c(N)c(CN2CCCCC2)c1. The zero-order valence-electron chi connectivity index (χ0n) is 10.7. The monoisotopic (exact) mass is 310 g/mol. The number of hydrogen-bond donors (Lipinski definition) is 1. The van der Waals surface area contributed by atoms with Crippen LogP contribution < -0.4 is 5.73 Å². The number of likely N-dealkylation sites (tertiary alicyclic amines) is 1. The van der Waals surface area contributed by atoms with Crippen LogP contribution in [0.1, 0.15) is 42.1 Å². The molecule has 0 aliphatic carbocycles. The minimum Gasteiger partial charge on any atom is -0.398 e. The van der Waals surface area contributed by atoms with E-state index in [1.54, 1.807) is 13.0 Å². The molecule has 4 heteroatoms. The molecule has 0 radical (unpaired) electrons. The molecule has 0 bridgehead atoms. The lowest BCUT2D eigenvalue weighted by Gasteiger charge is -2.27. The third kappa shape index (κ3) is 3.12. The minimum absolute atomic E-state index is 0.0793. The highest BCUT2D eigenvalue weighted by Crippen LogP contribution is 2.27. The molecule has 1 aromatic rings. The first-order valence-electron chi connectivity index (χ1n) is 6.39. The zero-order chi connectivity index (χ0) is 13.1. The van der Waals surface area contributed by atoms with Crippen molar-refractivity contribution in [2.75, 3.05) is 18.8 Å². The van der Waals surface area contributed by atoms with Gasteiger partial charge in [-0.15, -0.1) is 0 Å². The molecule has 0 atom stereocenters. The standard InChI is InChI=1S/C14H19BrN2O/c1-10(18)11-7-12(14(16)13(15)8-11)9-17-5-3-2-4-6-17/h7-8H,2-6,9,16H2,1H3. The summed E-state index contributed by atoms with van der Waals surface area (Å²) in [5.74, 6) is 0.0793. The highest BCUT2D eigenvalue weighted by Gasteiger charge is 2.14. The quantitative estimate of drug-likeness (QED) is 0.689. The predicted molar refractivity (Wildman–Crippen MR) is 77.7 cm³/mol. The van der Waals surface area contributed by atoms with Crippen LogP contribution in [0.3, 0.4) is 0 Å². The first kappa shape index (κ1) is 13.6. The summed E-state index contributed by atoms with van der Waals surface area (Å²) in [4.78, 5) is 13.9. The highest BCUT2D eigenvalue weighted by molar-refractivity contribution is 9.10. The Balaban J connectivity index is 2.22. The number of halogens is 1. The van der Waals surface area contributed by atoms with Gasteiger partial charge in [0.25, 0.3) is 0 Å². The zero-order valence-corrected chi connectivity index (χ0v) is 12.3. The van der Waals surface area contributed by atoms with Crippen LogP contribution in [0.4, 0.5) is 5.69 Å². The molecule has 3 nitrogen and oxygen atoms in total. The van der Waals surface area contributed by atoms with E-state index in [0.717, 1.165) is 40.9 Å². The number of carbonyl (C=O) groups excluding carboxylic acids is 1. The van der Waals surface area contributed by atoms with E-state index in [1.165, 1.54) is 19.3 Å². The molecule has 1 aliphatic heterocycles. The molecule has 0 aromatic heterocycles. The highest BCUT2D eigenvalue weighted by atomic mass is 79.9. The van der Waals surface area contributed by atoms with Crippen LogP contribution in [0.15, 0.2) is 16.6 Å². The Kier molecular flexibility index (Phi) is 4.40. The summed E-state index contributed by atoms with van der Waals surface area (Å²) in [5, 5.41) is 0. The van der Waals surface area contributed by atoms with Crippen LogP contribution in [0.25, 0.3) is 0 Å². The van der Waals surface area contributed by atoms with Crippen LogP contribution in [-0.2, 0) is 6.54 Å². The Morgan fingerprint density at radius 2 is 2.00 bits per heavy atom. The van der Waals surface area contributed by atoms with Crippen LogP contribution >= 0.6 is 15.9 Å². The summed E-state index contributed by atoms with van der Waals surface area (Å²) >= 11 is 3.43. The van der Waals surface area contributed by atoms with Crippen molar-refractivity contribution in [1.29, 1.82) is 0 Å².